The van der Waals surface area contributed by atoms with Crippen LogP contribution in [0.2, 0.25) is 0 Å². The van der Waals surface area contributed by atoms with E-state index in [1.807, 2.05) is 5.32 Å². The lowest BCUT2D eigenvalue weighted by molar-refractivity contribution is -0.126. The molecular weight excluding hydrogens is 282 g/mol. The molecule has 106 valence electrons. The SMILES string of the molecule is O=C(Nc1ccc(-c2nnc(C(F)F)o2)cc1)C(F)F. The third-order valence-corrected chi connectivity index (χ3v) is 2.22. The van der Waals surface area contributed by atoms with Gasteiger partial charge < -0.3 is 9.73 Å². The molecule has 1 heterocycles. The van der Waals surface area contributed by atoms with Crippen LogP contribution in [0, 0.1) is 0 Å². The molecule has 0 fully saturated rings. The van der Waals surface area contributed by atoms with E-state index in [0.29, 0.717) is 5.56 Å². The summed E-state index contributed by atoms with van der Waals surface area (Å²) < 4.78 is 53.3. The fourth-order valence-electron chi connectivity index (χ4n) is 1.33. The van der Waals surface area contributed by atoms with Crippen molar-refractivity contribution in [2.75, 3.05) is 5.32 Å². The molecule has 1 aromatic heterocycles. The van der Waals surface area contributed by atoms with Crippen LogP contribution in [-0.4, -0.2) is 22.5 Å². The van der Waals surface area contributed by atoms with Gasteiger partial charge in [0.05, 0.1) is 0 Å². The number of hydrogen-bond acceptors (Lipinski definition) is 4. The number of nitrogens with one attached hydrogen (secondary N) is 1. The van der Waals surface area contributed by atoms with Gasteiger partial charge in [0.15, 0.2) is 0 Å². The Balaban J connectivity index is 2.13. The topological polar surface area (TPSA) is 68.0 Å². The molecule has 1 N–H and O–H groups in total. The van der Waals surface area contributed by atoms with Gasteiger partial charge in [0.2, 0.25) is 5.89 Å². The first-order valence-corrected chi connectivity index (χ1v) is 5.28. The van der Waals surface area contributed by atoms with E-state index in [-0.39, 0.29) is 11.6 Å². The van der Waals surface area contributed by atoms with E-state index in [9.17, 15) is 22.4 Å². The molecule has 0 saturated heterocycles. The smallest absolute Gasteiger partial charge is 0.315 e. The molecule has 0 atom stereocenters. The number of alkyl halides is 4. The van der Waals surface area contributed by atoms with Crippen LogP contribution >= 0.6 is 0 Å². The van der Waals surface area contributed by atoms with Crippen LogP contribution in [0.1, 0.15) is 12.3 Å². The lowest BCUT2D eigenvalue weighted by Gasteiger charge is -2.04. The van der Waals surface area contributed by atoms with Gasteiger partial charge in [-0.15, -0.1) is 10.2 Å². The van der Waals surface area contributed by atoms with E-state index in [1.54, 1.807) is 0 Å². The van der Waals surface area contributed by atoms with Crippen molar-refractivity contribution >= 4 is 11.6 Å². The minimum absolute atomic E-state index is 0.132. The first kappa shape index (κ1) is 14.0. The van der Waals surface area contributed by atoms with Crippen LogP contribution in [0.5, 0.6) is 0 Å². The normalized spacial score (nSPS) is 11.1. The van der Waals surface area contributed by atoms with Crippen LogP contribution in [-0.2, 0) is 4.79 Å². The van der Waals surface area contributed by atoms with Crippen molar-refractivity contribution < 1.29 is 26.8 Å². The number of carbonyl (C=O) groups is 1. The average molecular weight is 289 g/mol. The van der Waals surface area contributed by atoms with Crippen molar-refractivity contribution in [3.05, 3.63) is 30.2 Å². The standard InChI is InChI=1S/C11H7F4N3O2/c12-7(13)9(19)16-6-3-1-5(2-4-6)10-17-18-11(20-10)8(14)15/h1-4,7-8H,(H,16,19). The Morgan fingerprint density at radius 2 is 1.75 bits per heavy atom. The third kappa shape index (κ3) is 3.11. The van der Waals surface area contributed by atoms with Gasteiger partial charge in [-0.2, -0.15) is 17.6 Å². The van der Waals surface area contributed by atoms with Crippen LogP contribution in [0.25, 0.3) is 11.5 Å². The van der Waals surface area contributed by atoms with Crippen LogP contribution in [0.15, 0.2) is 28.7 Å². The summed E-state index contributed by atoms with van der Waals surface area (Å²) in [6.45, 7) is 0. The zero-order valence-corrected chi connectivity index (χ0v) is 9.69. The summed E-state index contributed by atoms with van der Waals surface area (Å²) >= 11 is 0. The van der Waals surface area contributed by atoms with E-state index < -0.39 is 24.6 Å². The maximum absolute atomic E-state index is 12.3. The summed E-state index contributed by atoms with van der Waals surface area (Å²) in [6, 6.07) is 5.34. The maximum atomic E-state index is 12.3. The Labute approximate surface area is 109 Å². The summed E-state index contributed by atoms with van der Waals surface area (Å²) in [4.78, 5) is 10.8. The molecule has 1 aromatic carbocycles. The molecule has 20 heavy (non-hydrogen) atoms. The van der Waals surface area contributed by atoms with Crippen molar-refractivity contribution in [3.8, 4) is 11.5 Å². The highest BCUT2D eigenvalue weighted by atomic mass is 19.3. The van der Waals surface area contributed by atoms with Gasteiger partial charge in [-0.1, -0.05) is 0 Å². The molecule has 0 unspecified atom stereocenters. The molecule has 0 bridgehead atoms. The number of benzene rings is 1. The van der Waals surface area contributed by atoms with Gasteiger partial charge >= 0.3 is 12.9 Å². The first-order chi connectivity index (χ1) is 9.47. The minimum Gasteiger partial charge on any atom is -0.415 e. The summed E-state index contributed by atoms with van der Waals surface area (Å²) in [6.07, 6.45) is -6.00. The first-order valence-electron chi connectivity index (χ1n) is 5.28. The molecule has 0 aliphatic heterocycles. The average Bonchev–Trinajstić information content (AvgIpc) is 2.89. The number of aromatic nitrogens is 2. The largest absolute Gasteiger partial charge is 0.415 e. The Kier molecular flexibility index (Phi) is 3.97. The predicted molar refractivity (Wildman–Crippen MR) is 59.3 cm³/mol. The van der Waals surface area contributed by atoms with Gasteiger partial charge in [-0.3, -0.25) is 4.79 Å². The minimum atomic E-state index is -3.13. The lowest BCUT2D eigenvalue weighted by Crippen LogP contribution is -2.19. The zero-order chi connectivity index (χ0) is 14.7. The Morgan fingerprint density at radius 1 is 1.10 bits per heavy atom. The summed E-state index contributed by atoms with van der Waals surface area (Å²) in [5, 5.41) is 8.54. The van der Waals surface area contributed by atoms with E-state index in [1.165, 1.54) is 24.3 Å². The van der Waals surface area contributed by atoms with Crippen LogP contribution in [0.3, 0.4) is 0 Å². The zero-order valence-electron chi connectivity index (χ0n) is 9.69. The molecule has 2 aromatic rings. The van der Waals surface area contributed by atoms with E-state index in [0.717, 1.165) is 0 Å². The van der Waals surface area contributed by atoms with Gasteiger partial charge in [-0.05, 0) is 24.3 Å². The van der Waals surface area contributed by atoms with Crippen molar-refractivity contribution in [1.29, 1.82) is 0 Å². The molecule has 5 nitrogen and oxygen atoms in total. The summed E-state index contributed by atoms with van der Waals surface area (Å²) in [5.41, 5.74) is 0.451. The van der Waals surface area contributed by atoms with E-state index >= 15 is 0 Å². The molecular formula is C11H7F4N3O2. The Bertz CT molecular complexity index is 598. The van der Waals surface area contributed by atoms with Crippen molar-refractivity contribution in [1.82, 2.24) is 10.2 Å². The maximum Gasteiger partial charge on any atom is 0.315 e. The fourth-order valence-corrected chi connectivity index (χ4v) is 1.33. The van der Waals surface area contributed by atoms with Crippen molar-refractivity contribution in [3.63, 3.8) is 0 Å². The second-order valence-corrected chi connectivity index (χ2v) is 3.61. The quantitative estimate of drug-likeness (QED) is 0.879. The number of hydrogen-bond donors (Lipinski definition) is 1. The molecule has 1 amide bonds. The van der Waals surface area contributed by atoms with Gasteiger partial charge in [0.25, 0.3) is 11.8 Å². The number of nitrogens with zero attached hydrogens (tertiary/aromatic N) is 2. The van der Waals surface area contributed by atoms with E-state index in [2.05, 4.69) is 10.2 Å². The number of carbonyl (C=O) groups excluding carboxylic acids is 1. The molecule has 9 heteroatoms. The van der Waals surface area contributed by atoms with Gasteiger partial charge in [0.1, 0.15) is 0 Å². The number of halogens is 4. The number of anilines is 1. The Hall–Kier alpha value is -2.45. The lowest BCUT2D eigenvalue weighted by atomic mass is 10.2. The summed E-state index contributed by atoms with van der Waals surface area (Å²) in [7, 11) is 0. The third-order valence-electron chi connectivity index (χ3n) is 2.22. The van der Waals surface area contributed by atoms with Gasteiger partial charge in [-0.25, -0.2) is 0 Å². The summed E-state index contributed by atoms with van der Waals surface area (Å²) in [5.74, 6) is -2.38. The molecule has 0 aliphatic carbocycles. The highest BCUT2D eigenvalue weighted by molar-refractivity contribution is 5.93. The monoisotopic (exact) mass is 289 g/mol. The predicted octanol–water partition coefficient (Wildman–Crippen LogP) is 2.88. The fraction of sp³-hybridized carbons (Fsp3) is 0.182. The van der Waals surface area contributed by atoms with Crippen molar-refractivity contribution in [2.45, 2.75) is 12.9 Å². The second-order valence-electron chi connectivity index (χ2n) is 3.61. The molecule has 0 spiro atoms. The number of rotatable bonds is 4. The highest BCUT2D eigenvalue weighted by Gasteiger charge is 2.17. The molecule has 0 saturated carbocycles. The van der Waals surface area contributed by atoms with Crippen LogP contribution in [0.4, 0.5) is 23.2 Å². The molecule has 0 radical (unpaired) electrons. The van der Waals surface area contributed by atoms with Crippen LogP contribution < -0.4 is 5.32 Å². The second kappa shape index (κ2) is 5.68. The van der Waals surface area contributed by atoms with E-state index in [4.69, 9.17) is 4.42 Å². The molecule has 2 rings (SSSR count). The Morgan fingerprint density at radius 3 is 2.25 bits per heavy atom. The highest BCUT2D eigenvalue weighted by Crippen LogP contribution is 2.24. The number of amides is 1. The van der Waals surface area contributed by atoms with Crippen molar-refractivity contribution in [2.24, 2.45) is 0 Å². The molecule has 0 aliphatic rings. The van der Waals surface area contributed by atoms with Gasteiger partial charge in [0, 0.05) is 11.3 Å².